The van der Waals surface area contributed by atoms with Crippen LogP contribution in [0.5, 0.6) is 0 Å². The van der Waals surface area contributed by atoms with Gasteiger partial charge in [-0.25, -0.2) is 9.59 Å². The SMILES string of the molecule is CC1CC(C(=O)NCc2cn(CCCc3c[nH]c4ccc([N+](=O)[O-])cc34)nn2)C[C@@H](O[C@@H]2OC(CO)[C@H](O)C(O[C@@H](CC3CCCCC3)C(=O)O)C2OC(=O)c2ccccc2)C1OC1=C(O)C(O)[C@H](O)C(C)O1. The first-order valence-electron chi connectivity index (χ1n) is 24.9. The molecule has 2 aromatic carbocycles. The second-order valence-electron chi connectivity index (χ2n) is 19.5. The average Bonchev–Trinajstić information content (AvgIpc) is 4.03. The highest BCUT2D eigenvalue weighted by atomic mass is 16.7. The molecule has 2 aliphatic heterocycles. The van der Waals surface area contributed by atoms with Gasteiger partial charge in [-0.15, -0.1) is 5.10 Å². The topological polar surface area (TPSA) is 330 Å². The largest absolute Gasteiger partial charge is 0.504 e. The van der Waals surface area contributed by atoms with Crippen LogP contribution in [0.1, 0.15) is 93.3 Å². The monoisotopic (exact) mass is 1020 g/mol. The fourth-order valence-corrected chi connectivity index (χ4v) is 10.3. The van der Waals surface area contributed by atoms with Gasteiger partial charge in [-0.05, 0) is 74.6 Å². The Hall–Kier alpha value is -6.21. The number of nitro benzene ring substituents is 1. The zero-order valence-electron chi connectivity index (χ0n) is 40.5. The van der Waals surface area contributed by atoms with Gasteiger partial charge in [0.2, 0.25) is 11.7 Å². The number of esters is 1. The molecule has 2 aromatic heterocycles. The van der Waals surface area contributed by atoms with Crippen molar-refractivity contribution in [1.29, 1.82) is 0 Å². The Morgan fingerprint density at radius 2 is 1.78 bits per heavy atom. The van der Waals surface area contributed by atoms with Crippen LogP contribution >= 0.6 is 0 Å². The molecule has 73 heavy (non-hydrogen) atoms. The minimum Gasteiger partial charge on any atom is -0.504 e. The standard InChI is InChI=1S/C50H64N6O17/c1-26-18-31(46(62)52-23-32-24-55(54-53-32)17-9-14-30-22-51-35-16-15-33(56(66)67)21-34(30)35)20-36(43(26)73-49-42(61)41(60)39(58)27(2)68-49)70-50-45(72-48(65)29-12-7-4-8-13-29)44(40(59)38(25-57)71-50)69-37(47(63)64)19-28-10-5-3-6-11-28/h4,7-8,12-13,15-16,21-22,24,26-28,31,36-41,43-45,50-51,57-61H,3,5-6,9-11,14,17-20,23,25H2,1-2H3,(H,52,62)(H,63,64)/t26?,27?,31?,36-,37+,38?,39-,40+,41?,43?,44?,45?,50-/m1/s1. The van der Waals surface area contributed by atoms with Crippen LogP contribution in [0.2, 0.25) is 0 Å². The summed E-state index contributed by atoms with van der Waals surface area (Å²) in [5, 5.41) is 88.2. The molecule has 4 heterocycles. The molecule has 1 saturated heterocycles. The van der Waals surface area contributed by atoms with Crippen molar-refractivity contribution in [3.05, 3.63) is 99.6 Å². The second kappa shape index (κ2) is 23.8. The van der Waals surface area contributed by atoms with Gasteiger partial charge in [-0.1, -0.05) is 62.4 Å². The number of aryl methyl sites for hydroxylation is 2. The molecule has 13 atom stereocenters. The summed E-state index contributed by atoms with van der Waals surface area (Å²) in [5.74, 6) is -5.24. The summed E-state index contributed by atoms with van der Waals surface area (Å²) >= 11 is 0. The summed E-state index contributed by atoms with van der Waals surface area (Å²) in [6.45, 7) is 2.89. The number of ether oxygens (including phenoxy) is 6. The molecule has 0 spiro atoms. The number of nitrogens with zero attached hydrogens (tertiary/aromatic N) is 4. The predicted molar refractivity (Wildman–Crippen MR) is 254 cm³/mol. The number of nitro groups is 1. The van der Waals surface area contributed by atoms with Gasteiger partial charge in [0.25, 0.3) is 5.69 Å². The molecular formula is C50H64N6O17. The van der Waals surface area contributed by atoms with E-state index in [0.29, 0.717) is 25.1 Å². The molecule has 3 fully saturated rings. The van der Waals surface area contributed by atoms with E-state index in [0.717, 1.165) is 48.6 Å². The molecule has 8 N–H and O–H groups in total. The van der Waals surface area contributed by atoms with Gasteiger partial charge in [0.1, 0.15) is 48.4 Å². The van der Waals surface area contributed by atoms with Crippen molar-refractivity contribution in [2.45, 2.75) is 158 Å². The van der Waals surface area contributed by atoms with E-state index in [1.165, 1.54) is 25.1 Å². The van der Waals surface area contributed by atoms with E-state index in [1.807, 2.05) is 6.20 Å². The Morgan fingerprint density at radius 3 is 2.51 bits per heavy atom. The van der Waals surface area contributed by atoms with Crippen LogP contribution in [-0.2, 0) is 57.5 Å². The van der Waals surface area contributed by atoms with Gasteiger partial charge < -0.3 is 69.4 Å². The number of carbonyl (C=O) groups is 3. The van der Waals surface area contributed by atoms with E-state index in [-0.39, 0.29) is 43.0 Å². The number of fused-ring (bicyclic) bond motifs is 1. The lowest BCUT2D eigenvalue weighted by atomic mass is 9.77. The van der Waals surface area contributed by atoms with Gasteiger partial charge >= 0.3 is 17.9 Å². The number of nitrogens with one attached hydrogen (secondary N) is 2. The fourth-order valence-electron chi connectivity index (χ4n) is 10.3. The van der Waals surface area contributed by atoms with Gasteiger partial charge in [0.15, 0.2) is 18.5 Å². The summed E-state index contributed by atoms with van der Waals surface area (Å²) in [6.07, 6.45) is -6.79. The number of aromatic nitrogens is 4. The van der Waals surface area contributed by atoms with Crippen molar-refractivity contribution in [1.82, 2.24) is 25.3 Å². The Morgan fingerprint density at radius 1 is 1.01 bits per heavy atom. The number of aliphatic carboxylic acids is 1. The van der Waals surface area contributed by atoms with E-state index >= 15 is 0 Å². The number of benzene rings is 2. The van der Waals surface area contributed by atoms with Crippen LogP contribution in [0.25, 0.3) is 10.9 Å². The molecule has 0 radical (unpaired) electrons. The van der Waals surface area contributed by atoms with Crippen molar-refractivity contribution in [3.63, 3.8) is 0 Å². The second-order valence-corrected chi connectivity index (χ2v) is 19.5. The summed E-state index contributed by atoms with van der Waals surface area (Å²) < 4.78 is 38.7. The summed E-state index contributed by atoms with van der Waals surface area (Å²) in [7, 11) is 0. The first-order chi connectivity index (χ1) is 35.1. The minimum absolute atomic E-state index is 0.000591. The van der Waals surface area contributed by atoms with Crippen molar-refractivity contribution >= 4 is 34.4 Å². The number of amides is 1. The normalized spacial score (nSPS) is 29.3. The summed E-state index contributed by atoms with van der Waals surface area (Å²) in [5.41, 5.74) is 2.27. The molecule has 8 unspecified atom stereocenters. The molecule has 2 saturated carbocycles. The number of aliphatic hydroxyl groups is 5. The molecule has 8 rings (SSSR count). The maximum absolute atomic E-state index is 14.1. The molecular weight excluding hydrogens is 957 g/mol. The van der Waals surface area contributed by atoms with Crippen molar-refractivity contribution in [2.24, 2.45) is 17.8 Å². The highest BCUT2D eigenvalue weighted by Crippen LogP contribution is 2.40. The molecule has 23 heteroatoms. The zero-order chi connectivity index (χ0) is 51.9. The molecule has 396 valence electrons. The summed E-state index contributed by atoms with van der Waals surface area (Å²) in [4.78, 5) is 54.9. The van der Waals surface area contributed by atoms with Crippen molar-refractivity contribution < 1.29 is 78.4 Å². The number of aliphatic hydroxyl groups excluding tert-OH is 5. The third kappa shape index (κ3) is 12.6. The number of aromatic amines is 1. The number of carboxylic acids is 1. The van der Waals surface area contributed by atoms with Gasteiger partial charge in [0, 0.05) is 41.7 Å². The number of hydrogen-bond acceptors (Lipinski definition) is 18. The number of carbonyl (C=O) groups excluding carboxylic acids is 2. The number of non-ortho nitro benzene ring substituents is 1. The zero-order valence-corrected chi connectivity index (χ0v) is 40.5. The van der Waals surface area contributed by atoms with Crippen LogP contribution in [0.15, 0.2) is 72.6 Å². The average molecular weight is 1020 g/mol. The molecule has 0 bridgehead atoms. The number of H-pyrrole nitrogens is 1. The van der Waals surface area contributed by atoms with Crippen LogP contribution in [0.4, 0.5) is 5.69 Å². The lowest BCUT2D eigenvalue weighted by Crippen LogP contribution is -2.63. The first-order valence-corrected chi connectivity index (χ1v) is 24.9. The highest BCUT2D eigenvalue weighted by Gasteiger charge is 2.53. The highest BCUT2D eigenvalue weighted by molar-refractivity contribution is 5.89. The van der Waals surface area contributed by atoms with Crippen molar-refractivity contribution in [3.8, 4) is 0 Å². The van der Waals surface area contributed by atoms with E-state index in [4.69, 9.17) is 28.4 Å². The van der Waals surface area contributed by atoms with E-state index in [1.54, 1.807) is 48.1 Å². The van der Waals surface area contributed by atoms with Gasteiger partial charge in [-0.3, -0.25) is 19.6 Å². The Labute approximate surface area is 419 Å². The van der Waals surface area contributed by atoms with E-state index < -0.39 is 120 Å². The fraction of sp³-hybridized carbons (Fsp3) is 0.580. The maximum Gasteiger partial charge on any atom is 0.338 e. The quantitative estimate of drug-likeness (QED) is 0.0355. The maximum atomic E-state index is 14.1. The smallest absolute Gasteiger partial charge is 0.338 e. The molecule has 1 amide bonds. The minimum atomic E-state index is -1.76. The van der Waals surface area contributed by atoms with E-state index in [2.05, 4.69) is 20.6 Å². The van der Waals surface area contributed by atoms with E-state index in [9.17, 15) is 55.1 Å². The molecule has 23 nitrogen and oxygen atoms in total. The Kier molecular flexibility index (Phi) is 17.3. The Balaban J connectivity index is 1.01. The molecule has 2 aliphatic carbocycles. The summed E-state index contributed by atoms with van der Waals surface area (Å²) in [6, 6.07) is 12.6. The van der Waals surface area contributed by atoms with Crippen molar-refractivity contribution in [2.75, 3.05) is 6.61 Å². The van der Waals surface area contributed by atoms with Gasteiger partial charge in [-0.2, -0.15) is 0 Å². The van der Waals surface area contributed by atoms with Crippen LogP contribution in [-0.4, -0.2) is 147 Å². The lowest BCUT2D eigenvalue weighted by molar-refractivity contribution is -0.384. The van der Waals surface area contributed by atoms with Gasteiger partial charge in [0.05, 0.1) is 35.9 Å². The van der Waals surface area contributed by atoms with Crippen LogP contribution in [0.3, 0.4) is 0 Å². The predicted octanol–water partition coefficient (Wildman–Crippen LogP) is 3.71. The molecule has 4 aromatic rings. The number of carboxylic acid groups (broad SMARTS) is 1. The first kappa shape index (κ1) is 53.1. The van der Waals surface area contributed by atoms with Crippen LogP contribution < -0.4 is 5.32 Å². The third-order valence-electron chi connectivity index (χ3n) is 14.4. The number of hydrogen-bond donors (Lipinski definition) is 8. The molecule has 4 aliphatic rings. The lowest BCUT2D eigenvalue weighted by Gasteiger charge is -2.47. The van der Waals surface area contributed by atoms with Crippen LogP contribution in [0, 0.1) is 27.9 Å². The third-order valence-corrected chi connectivity index (χ3v) is 14.4. The number of rotatable bonds is 20. The Bertz CT molecular complexity index is 2570.